The first-order valence-corrected chi connectivity index (χ1v) is 7.63. The number of aromatic amines is 1. The lowest BCUT2D eigenvalue weighted by atomic mass is 10.0. The maximum Gasteiger partial charge on any atom is 0.340 e. The molecule has 8 heteroatoms. The highest BCUT2D eigenvalue weighted by Gasteiger charge is 2.22. The van der Waals surface area contributed by atoms with Crippen LogP contribution in [0.3, 0.4) is 0 Å². The Morgan fingerprint density at radius 3 is 2.62 bits per heavy atom. The van der Waals surface area contributed by atoms with Crippen molar-refractivity contribution in [3.8, 4) is 5.95 Å². The fraction of sp³-hybridized carbons (Fsp3) is 0.312. The number of fused-ring (bicyclic) bond motifs is 1. The summed E-state index contributed by atoms with van der Waals surface area (Å²) in [7, 11) is 1.32. The molecule has 3 heterocycles. The van der Waals surface area contributed by atoms with Crippen molar-refractivity contribution in [2.45, 2.75) is 26.7 Å². The van der Waals surface area contributed by atoms with E-state index in [4.69, 9.17) is 4.74 Å². The molecule has 0 aliphatic heterocycles. The van der Waals surface area contributed by atoms with Gasteiger partial charge in [-0.15, -0.1) is 0 Å². The largest absolute Gasteiger partial charge is 0.465 e. The number of esters is 1. The van der Waals surface area contributed by atoms with Gasteiger partial charge in [-0.1, -0.05) is 13.8 Å². The van der Waals surface area contributed by atoms with Crippen LogP contribution in [0.5, 0.6) is 0 Å². The van der Waals surface area contributed by atoms with E-state index < -0.39 is 5.97 Å². The van der Waals surface area contributed by atoms with Crippen molar-refractivity contribution in [1.29, 1.82) is 0 Å². The summed E-state index contributed by atoms with van der Waals surface area (Å²) in [6.45, 7) is 3.83. The molecule has 0 saturated carbocycles. The van der Waals surface area contributed by atoms with Crippen molar-refractivity contribution >= 4 is 16.7 Å². The number of aromatic nitrogens is 5. The molecule has 0 aromatic carbocycles. The Morgan fingerprint density at radius 1 is 1.29 bits per heavy atom. The molecule has 3 aromatic heterocycles. The molecular formula is C16H17N5O3. The predicted octanol–water partition coefficient (Wildman–Crippen LogP) is 1.42. The molecule has 0 spiro atoms. The van der Waals surface area contributed by atoms with Crippen LogP contribution in [0.2, 0.25) is 0 Å². The van der Waals surface area contributed by atoms with Gasteiger partial charge in [0, 0.05) is 11.6 Å². The molecule has 0 amide bonds. The summed E-state index contributed by atoms with van der Waals surface area (Å²) < 4.78 is 6.24. The normalized spacial score (nSPS) is 11.0. The molecule has 0 bridgehead atoms. The molecule has 3 rings (SSSR count). The van der Waals surface area contributed by atoms with E-state index in [9.17, 15) is 9.59 Å². The fourth-order valence-corrected chi connectivity index (χ4v) is 2.78. The summed E-state index contributed by atoms with van der Waals surface area (Å²) in [4.78, 5) is 33.7. The number of aryl methyl sites for hydroxylation is 2. The molecule has 0 aliphatic rings. The van der Waals surface area contributed by atoms with E-state index in [1.807, 2.05) is 13.8 Å². The molecule has 8 nitrogen and oxygen atoms in total. The van der Waals surface area contributed by atoms with Gasteiger partial charge in [-0.05, 0) is 18.9 Å². The summed E-state index contributed by atoms with van der Waals surface area (Å²) in [5.74, 6) is -0.188. The lowest BCUT2D eigenvalue weighted by Gasteiger charge is -2.13. The number of H-pyrrole nitrogens is 1. The molecule has 3 aromatic rings. The van der Waals surface area contributed by atoms with Crippen molar-refractivity contribution in [3.05, 3.63) is 45.9 Å². The highest BCUT2D eigenvalue weighted by molar-refractivity contribution is 6.05. The molecule has 0 radical (unpaired) electrons. The number of hydrogen-bond donors (Lipinski definition) is 1. The Morgan fingerprint density at radius 2 is 2.04 bits per heavy atom. The minimum Gasteiger partial charge on any atom is -0.465 e. The van der Waals surface area contributed by atoms with Crippen LogP contribution in [0.15, 0.2) is 23.4 Å². The lowest BCUT2D eigenvalue weighted by molar-refractivity contribution is 0.0601. The second-order valence-electron chi connectivity index (χ2n) is 5.17. The zero-order valence-electron chi connectivity index (χ0n) is 13.7. The molecule has 0 atom stereocenters. The first-order chi connectivity index (χ1) is 11.6. The minimum atomic E-state index is -0.496. The van der Waals surface area contributed by atoms with E-state index in [1.54, 1.807) is 12.3 Å². The molecule has 0 aliphatic carbocycles. The highest BCUT2D eigenvalue weighted by Crippen LogP contribution is 2.23. The molecule has 124 valence electrons. The van der Waals surface area contributed by atoms with Crippen LogP contribution >= 0.6 is 0 Å². The van der Waals surface area contributed by atoms with E-state index >= 15 is 0 Å². The van der Waals surface area contributed by atoms with Gasteiger partial charge in [-0.3, -0.25) is 14.3 Å². The Balaban J connectivity index is 2.44. The third-order valence-corrected chi connectivity index (χ3v) is 3.90. The molecule has 1 N–H and O–H groups in total. The first-order valence-electron chi connectivity index (χ1n) is 7.63. The van der Waals surface area contributed by atoms with Crippen LogP contribution in [-0.4, -0.2) is 37.8 Å². The Bertz CT molecular complexity index is 960. The van der Waals surface area contributed by atoms with Gasteiger partial charge in [-0.25, -0.2) is 9.89 Å². The van der Waals surface area contributed by atoms with E-state index in [2.05, 4.69) is 20.2 Å². The Labute approximate surface area is 137 Å². The number of hydrogen-bond acceptors (Lipinski definition) is 6. The smallest absolute Gasteiger partial charge is 0.340 e. The maximum absolute atomic E-state index is 13.0. The summed E-state index contributed by atoms with van der Waals surface area (Å²) in [6, 6.07) is 1.71. The van der Waals surface area contributed by atoms with Crippen molar-refractivity contribution in [2.75, 3.05) is 7.11 Å². The minimum absolute atomic E-state index is 0.304. The third kappa shape index (κ3) is 2.36. The van der Waals surface area contributed by atoms with Gasteiger partial charge >= 0.3 is 5.97 Å². The summed E-state index contributed by atoms with van der Waals surface area (Å²) in [5, 5.41) is 7.37. The number of pyridine rings is 2. The van der Waals surface area contributed by atoms with E-state index in [-0.39, 0.29) is 5.56 Å². The number of nitrogens with zero attached hydrogens (tertiary/aromatic N) is 4. The molecule has 0 saturated heterocycles. The predicted molar refractivity (Wildman–Crippen MR) is 87.4 cm³/mol. The average molecular weight is 327 g/mol. The summed E-state index contributed by atoms with van der Waals surface area (Å²) >= 11 is 0. The standard InChI is InChI=1S/C16H17N5O3/c1-4-10-12-9(13(15(23)24-3)11(5-2)19-10)6-7-21(14(12)22)16-17-8-18-20-16/h6-8H,4-5H2,1-3H3,(H,17,18,20). The van der Waals surface area contributed by atoms with Gasteiger partial charge < -0.3 is 4.74 Å². The SMILES string of the molecule is CCc1nc(CC)c2c(=O)n(-c3ncn[nH]3)ccc2c1C(=O)OC. The number of ether oxygens (including phenoxy) is 1. The van der Waals surface area contributed by atoms with Crippen LogP contribution in [0.25, 0.3) is 16.7 Å². The van der Waals surface area contributed by atoms with Gasteiger partial charge in [0.05, 0.1) is 29.4 Å². The number of carbonyl (C=O) groups is 1. The van der Waals surface area contributed by atoms with Gasteiger partial charge in [0.25, 0.3) is 5.56 Å². The third-order valence-electron chi connectivity index (χ3n) is 3.90. The first kappa shape index (κ1) is 15.9. The van der Waals surface area contributed by atoms with Crippen LogP contribution in [-0.2, 0) is 17.6 Å². The van der Waals surface area contributed by atoms with Crippen molar-refractivity contribution < 1.29 is 9.53 Å². The second kappa shape index (κ2) is 6.23. The topological polar surface area (TPSA) is 103 Å². The van der Waals surface area contributed by atoms with E-state index in [1.165, 1.54) is 18.0 Å². The summed E-state index contributed by atoms with van der Waals surface area (Å²) in [5.41, 5.74) is 1.31. The zero-order chi connectivity index (χ0) is 17.3. The molecule has 0 fully saturated rings. The number of methoxy groups -OCH3 is 1. The Hall–Kier alpha value is -3.03. The average Bonchev–Trinajstić information content (AvgIpc) is 3.14. The Kier molecular flexibility index (Phi) is 4.11. The van der Waals surface area contributed by atoms with Crippen molar-refractivity contribution in [2.24, 2.45) is 0 Å². The van der Waals surface area contributed by atoms with Crippen molar-refractivity contribution in [1.82, 2.24) is 24.7 Å². The summed E-state index contributed by atoms with van der Waals surface area (Å²) in [6.07, 6.45) is 4.03. The highest BCUT2D eigenvalue weighted by atomic mass is 16.5. The van der Waals surface area contributed by atoms with Crippen molar-refractivity contribution in [3.63, 3.8) is 0 Å². The number of nitrogens with one attached hydrogen (secondary N) is 1. The van der Waals surface area contributed by atoms with Crippen LogP contribution in [0, 0.1) is 0 Å². The van der Waals surface area contributed by atoms with Gasteiger partial charge in [0.1, 0.15) is 6.33 Å². The number of carbonyl (C=O) groups excluding carboxylic acids is 1. The number of rotatable bonds is 4. The second-order valence-corrected chi connectivity index (χ2v) is 5.17. The zero-order valence-corrected chi connectivity index (χ0v) is 13.7. The fourth-order valence-electron chi connectivity index (χ4n) is 2.78. The lowest BCUT2D eigenvalue weighted by Crippen LogP contribution is -2.22. The maximum atomic E-state index is 13.0. The molecular weight excluding hydrogens is 310 g/mol. The van der Waals surface area contributed by atoms with Gasteiger partial charge in [-0.2, -0.15) is 10.1 Å². The van der Waals surface area contributed by atoms with Gasteiger partial charge in [0.2, 0.25) is 5.95 Å². The van der Waals surface area contributed by atoms with Crippen LogP contribution < -0.4 is 5.56 Å². The molecule has 24 heavy (non-hydrogen) atoms. The van der Waals surface area contributed by atoms with Crippen LogP contribution in [0.4, 0.5) is 0 Å². The quantitative estimate of drug-likeness (QED) is 0.727. The monoisotopic (exact) mass is 327 g/mol. The van der Waals surface area contributed by atoms with Gasteiger partial charge in [0.15, 0.2) is 0 Å². The van der Waals surface area contributed by atoms with E-state index in [0.717, 1.165) is 0 Å². The van der Waals surface area contributed by atoms with Crippen LogP contribution in [0.1, 0.15) is 35.6 Å². The van der Waals surface area contributed by atoms with E-state index in [0.29, 0.717) is 46.5 Å². The molecule has 0 unspecified atom stereocenters.